The normalized spacial score (nSPS) is 12.1. The molecule has 210 valence electrons. The fourth-order valence-corrected chi connectivity index (χ4v) is 4.18. The first-order valence-corrected chi connectivity index (χ1v) is 13.1. The van der Waals surface area contributed by atoms with Gasteiger partial charge in [0.25, 0.3) is 0 Å². The van der Waals surface area contributed by atoms with Crippen LogP contribution in [0.4, 0.5) is 11.4 Å². The van der Waals surface area contributed by atoms with Crippen LogP contribution in [-0.4, -0.2) is 36.3 Å². The molecule has 0 bridgehead atoms. The Kier molecular flexibility index (Phi) is 12.5. The molecule has 1 amide bonds. The number of amides is 1. The SMILES string of the molecule is Cl.O=CNc1cc([C@@H](O)CNCCc2ccc(NC[C@@H](O)c3ccccc3)cc2)ccc1OCc1ccccc1. The van der Waals surface area contributed by atoms with Crippen LogP contribution in [0.3, 0.4) is 0 Å². The zero-order chi connectivity index (χ0) is 27.3. The maximum atomic E-state index is 11.1. The summed E-state index contributed by atoms with van der Waals surface area (Å²) in [5.41, 5.74) is 5.24. The highest BCUT2D eigenvalue weighted by Gasteiger charge is 2.12. The minimum absolute atomic E-state index is 0. The second-order valence-electron chi connectivity index (χ2n) is 9.27. The van der Waals surface area contributed by atoms with Gasteiger partial charge in [-0.05, 0) is 59.5 Å². The number of carbonyl (C=O) groups excluding carboxylic acids is 1. The van der Waals surface area contributed by atoms with E-state index in [1.807, 2.05) is 78.9 Å². The zero-order valence-electron chi connectivity index (χ0n) is 22.2. The molecule has 4 rings (SSSR count). The van der Waals surface area contributed by atoms with E-state index >= 15 is 0 Å². The highest BCUT2D eigenvalue weighted by Crippen LogP contribution is 2.29. The van der Waals surface area contributed by atoms with Crippen LogP contribution in [0.1, 0.15) is 34.5 Å². The third-order valence-electron chi connectivity index (χ3n) is 6.41. The largest absolute Gasteiger partial charge is 0.487 e. The lowest BCUT2D eigenvalue weighted by Gasteiger charge is -2.16. The number of hydrogen-bond acceptors (Lipinski definition) is 6. The van der Waals surface area contributed by atoms with Crippen LogP contribution < -0.4 is 20.7 Å². The Morgan fingerprint density at radius 3 is 2.12 bits per heavy atom. The van der Waals surface area contributed by atoms with E-state index < -0.39 is 12.2 Å². The number of halogens is 1. The summed E-state index contributed by atoms with van der Waals surface area (Å²) in [4.78, 5) is 11.1. The summed E-state index contributed by atoms with van der Waals surface area (Å²) in [7, 11) is 0. The Hall–Kier alpha value is -3.88. The molecule has 7 nitrogen and oxygen atoms in total. The van der Waals surface area contributed by atoms with Crippen molar-refractivity contribution in [2.24, 2.45) is 0 Å². The quantitative estimate of drug-likeness (QED) is 0.100. The Morgan fingerprint density at radius 2 is 1.43 bits per heavy atom. The number of rotatable bonds is 15. The molecule has 4 aromatic rings. The average Bonchev–Trinajstić information content (AvgIpc) is 2.99. The standard InChI is InChI=1S/C32H35N3O4.ClH/c36-23-35-29-19-27(13-16-32(29)39-22-25-7-3-1-4-8-25)30(37)20-33-18-17-24-11-14-28(15-12-24)34-21-31(38)26-9-5-2-6-10-26;/h1-16,19,23,30-31,33-34,37-38H,17-18,20-22H2,(H,35,36);1H/t30-,31+;/m0./s1. The summed E-state index contributed by atoms with van der Waals surface area (Å²) < 4.78 is 5.88. The van der Waals surface area contributed by atoms with Gasteiger partial charge in [-0.3, -0.25) is 4.79 Å². The molecular formula is C32H36ClN3O4. The summed E-state index contributed by atoms with van der Waals surface area (Å²) in [6, 6.07) is 32.8. The molecule has 2 atom stereocenters. The van der Waals surface area contributed by atoms with Crippen LogP contribution in [0.5, 0.6) is 5.75 Å². The Morgan fingerprint density at radius 1 is 0.750 bits per heavy atom. The third kappa shape index (κ3) is 9.39. The minimum atomic E-state index is -0.733. The number of anilines is 2. The predicted octanol–water partition coefficient (Wildman–Crippen LogP) is 5.27. The molecule has 0 spiro atoms. The van der Waals surface area contributed by atoms with Gasteiger partial charge in [-0.1, -0.05) is 78.9 Å². The predicted molar refractivity (Wildman–Crippen MR) is 162 cm³/mol. The van der Waals surface area contributed by atoms with Crippen molar-refractivity contribution >= 4 is 30.2 Å². The molecular weight excluding hydrogens is 526 g/mol. The lowest BCUT2D eigenvalue weighted by molar-refractivity contribution is -0.105. The minimum Gasteiger partial charge on any atom is -0.487 e. The van der Waals surface area contributed by atoms with Crippen LogP contribution in [0.2, 0.25) is 0 Å². The second-order valence-corrected chi connectivity index (χ2v) is 9.27. The van der Waals surface area contributed by atoms with Gasteiger partial charge in [0.1, 0.15) is 12.4 Å². The van der Waals surface area contributed by atoms with E-state index in [0.29, 0.717) is 49.7 Å². The fourth-order valence-electron chi connectivity index (χ4n) is 4.18. The number of ether oxygens (including phenoxy) is 1. The van der Waals surface area contributed by atoms with E-state index in [9.17, 15) is 15.0 Å². The van der Waals surface area contributed by atoms with Gasteiger partial charge in [-0.25, -0.2) is 0 Å². The molecule has 0 saturated carbocycles. The molecule has 5 N–H and O–H groups in total. The zero-order valence-corrected chi connectivity index (χ0v) is 23.0. The number of nitrogens with one attached hydrogen (secondary N) is 3. The van der Waals surface area contributed by atoms with Crippen molar-refractivity contribution in [1.82, 2.24) is 5.32 Å². The van der Waals surface area contributed by atoms with Crippen molar-refractivity contribution in [2.75, 3.05) is 30.3 Å². The van der Waals surface area contributed by atoms with E-state index in [0.717, 1.165) is 23.2 Å². The Balaban J connectivity index is 0.00000441. The van der Waals surface area contributed by atoms with Gasteiger partial charge in [-0.2, -0.15) is 0 Å². The topological polar surface area (TPSA) is 103 Å². The first-order valence-electron chi connectivity index (χ1n) is 13.1. The highest BCUT2D eigenvalue weighted by molar-refractivity contribution is 5.85. The van der Waals surface area contributed by atoms with Crippen LogP contribution in [0.15, 0.2) is 103 Å². The summed E-state index contributed by atoms with van der Waals surface area (Å²) in [5, 5.41) is 30.2. The van der Waals surface area contributed by atoms with Gasteiger partial charge in [-0.15, -0.1) is 12.4 Å². The van der Waals surface area contributed by atoms with E-state index in [1.54, 1.807) is 12.1 Å². The van der Waals surface area contributed by atoms with Gasteiger partial charge < -0.3 is 30.9 Å². The van der Waals surface area contributed by atoms with Crippen LogP contribution >= 0.6 is 12.4 Å². The number of aliphatic hydroxyl groups is 2. The Labute approximate surface area is 241 Å². The van der Waals surface area contributed by atoms with E-state index in [2.05, 4.69) is 28.1 Å². The first kappa shape index (κ1) is 30.7. The van der Waals surface area contributed by atoms with Crippen LogP contribution in [-0.2, 0) is 17.8 Å². The van der Waals surface area contributed by atoms with Gasteiger partial charge >= 0.3 is 0 Å². The van der Waals surface area contributed by atoms with E-state index in [-0.39, 0.29) is 12.4 Å². The lowest BCUT2D eigenvalue weighted by atomic mass is 10.1. The van der Waals surface area contributed by atoms with E-state index in [4.69, 9.17) is 4.74 Å². The smallest absolute Gasteiger partial charge is 0.211 e. The van der Waals surface area contributed by atoms with Gasteiger partial charge in [0, 0.05) is 18.8 Å². The maximum Gasteiger partial charge on any atom is 0.211 e. The van der Waals surface area contributed by atoms with E-state index in [1.165, 1.54) is 5.56 Å². The summed E-state index contributed by atoms with van der Waals surface area (Å²) in [6.07, 6.45) is 0.114. The van der Waals surface area contributed by atoms with Crippen molar-refractivity contribution in [3.63, 3.8) is 0 Å². The molecule has 0 aromatic heterocycles. The highest BCUT2D eigenvalue weighted by atomic mass is 35.5. The molecule has 0 aliphatic carbocycles. The molecule has 0 fully saturated rings. The molecule has 0 aliphatic rings. The van der Waals surface area contributed by atoms with Gasteiger partial charge in [0.05, 0.1) is 17.9 Å². The lowest BCUT2D eigenvalue weighted by Crippen LogP contribution is -2.23. The number of carbonyl (C=O) groups is 1. The number of benzene rings is 4. The molecule has 0 aliphatic heterocycles. The molecule has 8 heteroatoms. The van der Waals surface area contributed by atoms with Crippen LogP contribution in [0, 0.1) is 0 Å². The molecule has 0 saturated heterocycles. The van der Waals surface area contributed by atoms with Crippen molar-refractivity contribution in [3.05, 3.63) is 125 Å². The molecule has 0 heterocycles. The Bertz CT molecular complexity index is 1290. The van der Waals surface area contributed by atoms with Gasteiger partial charge in [0.15, 0.2) is 0 Å². The monoisotopic (exact) mass is 561 g/mol. The number of hydrogen-bond donors (Lipinski definition) is 5. The molecule has 0 radical (unpaired) electrons. The van der Waals surface area contributed by atoms with Crippen molar-refractivity contribution in [3.8, 4) is 5.75 Å². The van der Waals surface area contributed by atoms with Crippen molar-refractivity contribution in [2.45, 2.75) is 25.2 Å². The fraction of sp³-hybridized carbons (Fsp3) is 0.219. The van der Waals surface area contributed by atoms with Crippen LogP contribution in [0.25, 0.3) is 0 Å². The summed E-state index contributed by atoms with van der Waals surface area (Å²) >= 11 is 0. The summed E-state index contributed by atoms with van der Waals surface area (Å²) in [6.45, 7) is 1.90. The van der Waals surface area contributed by atoms with Crippen molar-refractivity contribution in [1.29, 1.82) is 0 Å². The van der Waals surface area contributed by atoms with Gasteiger partial charge in [0.2, 0.25) is 6.41 Å². The number of aliphatic hydroxyl groups excluding tert-OH is 2. The molecule has 40 heavy (non-hydrogen) atoms. The van der Waals surface area contributed by atoms with Crippen molar-refractivity contribution < 1.29 is 19.7 Å². The average molecular weight is 562 g/mol. The maximum absolute atomic E-state index is 11.1. The third-order valence-corrected chi connectivity index (χ3v) is 6.41. The second kappa shape index (κ2) is 16.3. The first-order chi connectivity index (χ1) is 19.1. The molecule has 0 unspecified atom stereocenters. The molecule has 4 aromatic carbocycles. The summed E-state index contributed by atoms with van der Waals surface area (Å²) in [5.74, 6) is 0.544.